The fraction of sp³-hybridized carbons (Fsp3) is 0.0800. The summed E-state index contributed by atoms with van der Waals surface area (Å²) in [6, 6.07) is 23.6. The highest BCUT2D eigenvalue weighted by atomic mass is 32.2. The summed E-state index contributed by atoms with van der Waals surface area (Å²) in [4.78, 5) is 28.1. The van der Waals surface area contributed by atoms with Gasteiger partial charge in [0, 0.05) is 6.54 Å². The second-order valence-corrected chi connectivity index (χ2v) is 8.36. The lowest BCUT2D eigenvalue weighted by Gasteiger charge is -2.08. The molecule has 3 aromatic carbocycles. The van der Waals surface area contributed by atoms with Crippen LogP contribution in [-0.2, 0) is 17.8 Å². The number of hydrogen-bond donors (Lipinski definition) is 1. The van der Waals surface area contributed by atoms with Crippen molar-refractivity contribution in [3.63, 3.8) is 0 Å². The van der Waals surface area contributed by atoms with Crippen molar-refractivity contribution in [1.29, 1.82) is 0 Å². The standard InChI is InChI=1S/C25H19N3O3S/c29-24-23(32-25(30)27-24)15-18-8-11-21-22(14-18)28(16-26-21)13-12-17-6-9-20(10-7-17)31-19-4-2-1-3-5-19/h1-11,14-16H,12-13H2,(H,27,29,30). The summed E-state index contributed by atoms with van der Waals surface area (Å²) in [6.45, 7) is 0.767. The van der Waals surface area contributed by atoms with Gasteiger partial charge in [0.25, 0.3) is 11.1 Å². The maximum absolute atomic E-state index is 11.8. The van der Waals surface area contributed by atoms with Crippen LogP contribution in [0.5, 0.6) is 11.5 Å². The fourth-order valence-corrected chi connectivity index (χ4v) is 4.19. The van der Waals surface area contributed by atoms with Crippen molar-refractivity contribution in [3.8, 4) is 11.5 Å². The Hall–Kier alpha value is -3.84. The summed E-state index contributed by atoms with van der Waals surface area (Å²) >= 11 is 0.918. The Morgan fingerprint density at radius 2 is 1.75 bits per heavy atom. The second kappa shape index (κ2) is 8.72. The molecular weight excluding hydrogens is 422 g/mol. The molecule has 0 spiro atoms. The number of fused-ring (bicyclic) bond motifs is 1. The molecule has 1 aromatic heterocycles. The molecule has 6 nitrogen and oxygen atoms in total. The molecule has 1 saturated heterocycles. The first-order valence-electron chi connectivity index (χ1n) is 10.2. The number of thioether (sulfide) groups is 1. The third kappa shape index (κ3) is 4.43. The van der Waals surface area contributed by atoms with Crippen molar-refractivity contribution < 1.29 is 14.3 Å². The van der Waals surface area contributed by atoms with Crippen LogP contribution in [0.3, 0.4) is 0 Å². The molecule has 7 heteroatoms. The highest BCUT2D eigenvalue weighted by Gasteiger charge is 2.24. The third-order valence-corrected chi connectivity index (χ3v) is 5.94. The van der Waals surface area contributed by atoms with Crippen molar-refractivity contribution >= 4 is 40.0 Å². The van der Waals surface area contributed by atoms with Gasteiger partial charge in [-0.1, -0.05) is 36.4 Å². The van der Waals surface area contributed by atoms with Crippen LogP contribution in [0, 0.1) is 0 Å². The van der Waals surface area contributed by atoms with Gasteiger partial charge in [-0.2, -0.15) is 0 Å². The number of ether oxygens (including phenoxy) is 1. The molecule has 5 rings (SSSR count). The van der Waals surface area contributed by atoms with Gasteiger partial charge >= 0.3 is 0 Å². The number of imidazole rings is 1. The number of hydrogen-bond acceptors (Lipinski definition) is 5. The number of para-hydroxylation sites is 1. The van der Waals surface area contributed by atoms with Gasteiger partial charge in [-0.3, -0.25) is 14.9 Å². The van der Waals surface area contributed by atoms with E-state index in [2.05, 4.69) is 27.0 Å². The Balaban J connectivity index is 1.29. The molecule has 32 heavy (non-hydrogen) atoms. The van der Waals surface area contributed by atoms with Crippen LogP contribution in [0.1, 0.15) is 11.1 Å². The largest absolute Gasteiger partial charge is 0.457 e. The van der Waals surface area contributed by atoms with Crippen LogP contribution in [-0.4, -0.2) is 20.7 Å². The van der Waals surface area contributed by atoms with E-state index in [9.17, 15) is 9.59 Å². The van der Waals surface area contributed by atoms with Crippen LogP contribution >= 0.6 is 11.8 Å². The minimum atomic E-state index is -0.353. The van der Waals surface area contributed by atoms with Gasteiger partial charge < -0.3 is 9.30 Å². The number of benzene rings is 3. The molecular formula is C25H19N3O3S. The number of nitrogens with one attached hydrogen (secondary N) is 1. The van der Waals surface area contributed by atoms with Crippen molar-refractivity contribution in [2.45, 2.75) is 13.0 Å². The van der Waals surface area contributed by atoms with E-state index < -0.39 is 0 Å². The van der Waals surface area contributed by atoms with Gasteiger partial charge in [0.1, 0.15) is 11.5 Å². The molecule has 1 aliphatic heterocycles. The summed E-state index contributed by atoms with van der Waals surface area (Å²) in [5.41, 5.74) is 3.92. The molecule has 4 aromatic rings. The lowest BCUT2D eigenvalue weighted by atomic mass is 10.1. The van der Waals surface area contributed by atoms with Crippen molar-refractivity contribution in [2.24, 2.45) is 0 Å². The van der Waals surface area contributed by atoms with Crippen molar-refractivity contribution in [2.75, 3.05) is 0 Å². The Kier molecular flexibility index (Phi) is 5.47. The van der Waals surface area contributed by atoms with Gasteiger partial charge in [-0.15, -0.1) is 0 Å². The maximum atomic E-state index is 11.8. The van der Waals surface area contributed by atoms with Crippen LogP contribution in [0.15, 0.2) is 84.0 Å². The van der Waals surface area contributed by atoms with Crippen molar-refractivity contribution in [3.05, 3.63) is 95.2 Å². The molecule has 2 amide bonds. The number of aromatic nitrogens is 2. The zero-order chi connectivity index (χ0) is 21.9. The Labute approximate surface area is 188 Å². The third-order valence-electron chi connectivity index (χ3n) is 5.13. The molecule has 1 fully saturated rings. The Bertz CT molecular complexity index is 1330. The predicted octanol–water partition coefficient (Wildman–Crippen LogP) is 5.40. The molecule has 0 bridgehead atoms. The quantitative estimate of drug-likeness (QED) is 0.406. The Morgan fingerprint density at radius 3 is 2.50 bits per heavy atom. The highest BCUT2D eigenvalue weighted by molar-refractivity contribution is 8.18. The summed E-state index contributed by atoms with van der Waals surface area (Å²) in [7, 11) is 0. The number of amides is 2. The highest BCUT2D eigenvalue weighted by Crippen LogP contribution is 2.27. The minimum Gasteiger partial charge on any atom is -0.457 e. The molecule has 158 valence electrons. The fourth-order valence-electron chi connectivity index (χ4n) is 3.51. The predicted molar refractivity (Wildman–Crippen MR) is 126 cm³/mol. The number of nitrogens with zero attached hydrogens (tertiary/aromatic N) is 2. The van der Waals surface area contributed by atoms with Gasteiger partial charge in [-0.05, 0) is 71.8 Å². The van der Waals surface area contributed by atoms with E-state index in [0.717, 1.165) is 52.8 Å². The number of aryl methyl sites for hydroxylation is 2. The number of carbonyl (C=O) groups excluding carboxylic acids is 2. The topological polar surface area (TPSA) is 73.2 Å². The van der Waals surface area contributed by atoms with Gasteiger partial charge in [0.15, 0.2) is 0 Å². The lowest BCUT2D eigenvalue weighted by Crippen LogP contribution is -2.17. The first-order valence-corrected chi connectivity index (χ1v) is 11.0. The van der Waals surface area contributed by atoms with E-state index >= 15 is 0 Å². The van der Waals surface area contributed by atoms with Gasteiger partial charge in [0.05, 0.1) is 22.3 Å². The van der Waals surface area contributed by atoms with Crippen LogP contribution in [0.25, 0.3) is 17.1 Å². The summed E-state index contributed by atoms with van der Waals surface area (Å²) in [6.07, 6.45) is 4.40. The maximum Gasteiger partial charge on any atom is 0.290 e. The molecule has 0 aliphatic carbocycles. The molecule has 2 heterocycles. The molecule has 0 unspecified atom stereocenters. The molecule has 0 radical (unpaired) electrons. The molecule has 1 N–H and O–H groups in total. The number of imide groups is 1. The zero-order valence-electron chi connectivity index (χ0n) is 17.0. The first-order chi connectivity index (χ1) is 15.6. The first kappa shape index (κ1) is 20.1. The van der Waals surface area contributed by atoms with Gasteiger partial charge in [-0.25, -0.2) is 4.98 Å². The average Bonchev–Trinajstić information content (AvgIpc) is 3.35. The summed E-state index contributed by atoms with van der Waals surface area (Å²) in [5, 5.41) is 1.94. The smallest absolute Gasteiger partial charge is 0.290 e. The van der Waals surface area contributed by atoms with E-state index in [0.29, 0.717) is 4.91 Å². The van der Waals surface area contributed by atoms with E-state index in [-0.39, 0.29) is 11.1 Å². The Morgan fingerprint density at radius 1 is 0.969 bits per heavy atom. The normalized spacial score (nSPS) is 14.8. The van der Waals surface area contributed by atoms with E-state index in [1.165, 1.54) is 5.56 Å². The van der Waals surface area contributed by atoms with Crippen LogP contribution in [0.2, 0.25) is 0 Å². The molecule has 0 saturated carbocycles. The SMILES string of the molecule is O=C1NC(=O)C(=Cc2ccc3ncn(CCc4ccc(Oc5ccccc5)cc4)c3c2)S1. The zero-order valence-corrected chi connectivity index (χ0v) is 17.8. The van der Waals surface area contributed by atoms with Gasteiger partial charge in [0.2, 0.25) is 0 Å². The van der Waals surface area contributed by atoms with Crippen molar-refractivity contribution in [1.82, 2.24) is 14.9 Å². The number of rotatable bonds is 6. The second-order valence-electron chi connectivity index (χ2n) is 7.35. The molecule has 1 aliphatic rings. The van der Waals surface area contributed by atoms with E-state index in [1.54, 1.807) is 6.08 Å². The number of carbonyl (C=O) groups is 2. The molecule has 0 atom stereocenters. The summed E-state index contributed by atoms with van der Waals surface area (Å²) in [5.74, 6) is 1.26. The van der Waals surface area contributed by atoms with E-state index in [4.69, 9.17) is 4.74 Å². The lowest BCUT2D eigenvalue weighted by molar-refractivity contribution is -0.115. The summed E-state index contributed by atoms with van der Waals surface area (Å²) < 4.78 is 7.95. The van der Waals surface area contributed by atoms with Crippen LogP contribution in [0.4, 0.5) is 4.79 Å². The van der Waals surface area contributed by atoms with E-state index in [1.807, 2.05) is 67.0 Å². The van der Waals surface area contributed by atoms with Crippen LogP contribution < -0.4 is 10.1 Å². The average molecular weight is 442 g/mol. The monoisotopic (exact) mass is 441 g/mol. The minimum absolute atomic E-state index is 0.340.